The number of aryl methyl sites for hydroxylation is 1. The minimum atomic E-state index is 0. The van der Waals surface area contributed by atoms with Crippen LogP contribution >= 0.6 is 24.8 Å². The Bertz CT molecular complexity index is 642. The minimum absolute atomic E-state index is 0. The molecule has 0 saturated carbocycles. The average molecular weight is 389 g/mol. The Morgan fingerprint density at radius 2 is 2.04 bits per heavy atom. The van der Waals surface area contributed by atoms with Crippen molar-refractivity contribution in [2.24, 2.45) is 5.92 Å². The third-order valence-electron chi connectivity index (χ3n) is 4.85. The first-order valence-corrected chi connectivity index (χ1v) is 8.54. The first-order valence-electron chi connectivity index (χ1n) is 8.54. The fourth-order valence-corrected chi connectivity index (χ4v) is 3.59. The highest BCUT2D eigenvalue weighted by molar-refractivity contribution is 5.85. The van der Waals surface area contributed by atoms with Gasteiger partial charge in [0.25, 0.3) is 0 Å². The molecule has 0 aliphatic carbocycles. The molecule has 0 atom stereocenters. The van der Waals surface area contributed by atoms with Crippen molar-refractivity contribution in [1.82, 2.24) is 30.1 Å². The molecule has 1 fully saturated rings. The van der Waals surface area contributed by atoms with Crippen LogP contribution in [0.25, 0.3) is 0 Å². The fraction of sp³-hybridized carbons (Fsp3) is 0.688. The number of nitrogens with zero attached hydrogens (tertiary/aromatic N) is 5. The van der Waals surface area contributed by atoms with E-state index in [1.165, 1.54) is 24.2 Å². The monoisotopic (exact) mass is 388 g/mol. The quantitative estimate of drug-likeness (QED) is 0.862. The van der Waals surface area contributed by atoms with Gasteiger partial charge in [-0.2, -0.15) is 10.1 Å². The van der Waals surface area contributed by atoms with E-state index >= 15 is 0 Å². The molecule has 0 bridgehead atoms. The van der Waals surface area contributed by atoms with Crippen molar-refractivity contribution in [3.63, 3.8) is 0 Å². The van der Waals surface area contributed by atoms with Crippen molar-refractivity contribution in [3.8, 4) is 0 Å². The summed E-state index contributed by atoms with van der Waals surface area (Å²) in [6.07, 6.45) is 3.33. The first kappa shape index (κ1) is 20.2. The molecule has 0 aromatic carbocycles. The van der Waals surface area contributed by atoms with Crippen LogP contribution in [0.15, 0.2) is 10.6 Å². The van der Waals surface area contributed by atoms with Crippen LogP contribution in [0.4, 0.5) is 0 Å². The molecule has 140 valence electrons. The van der Waals surface area contributed by atoms with Crippen molar-refractivity contribution >= 4 is 24.8 Å². The molecule has 4 heterocycles. The number of aromatic nitrogens is 4. The van der Waals surface area contributed by atoms with Gasteiger partial charge in [-0.1, -0.05) is 5.16 Å². The number of fused-ring (bicyclic) bond motifs is 1. The number of likely N-dealkylation sites (tertiary alicyclic amines) is 1. The second-order valence-electron chi connectivity index (χ2n) is 6.68. The van der Waals surface area contributed by atoms with Crippen LogP contribution < -0.4 is 5.32 Å². The van der Waals surface area contributed by atoms with E-state index in [-0.39, 0.29) is 24.8 Å². The molecule has 25 heavy (non-hydrogen) atoms. The lowest BCUT2D eigenvalue weighted by atomic mass is 9.93. The van der Waals surface area contributed by atoms with E-state index in [9.17, 15) is 0 Å². The van der Waals surface area contributed by atoms with Gasteiger partial charge in [-0.15, -0.1) is 24.8 Å². The molecule has 0 unspecified atom stereocenters. The Morgan fingerprint density at radius 1 is 1.24 bits per heavy atom. The summed E-state index contributed by atoms with van der Waals surface area (Å²) in [6, 6.07) is 2.25. The molecular formula is C16H26Cl2N6O. The summed E-state index contributed by atoms with van der Waals surface area (Å²) in [4.78, 5) is 6.83. The number of nitrogens with one attached hydrogen (secondary N) is 1. The zero-order chi connectivity index (χ0) is 15.6. The number of rotatable bonds is 4. The Balaban J connectivity index is 0.00000113. The molecule has 1 N–H and O–H groups in total. The molecule has 4 rings (SSSR count). The van der Waals surface area contributed by atoms with Gasteiger partial charge in [0.05, 0.1) is 17.9 Å². The smallest absolute Gasteiger partial charge is 0.223 e. The predicted octanol–water partition coefficient (Wildman–Crippen LogP) is 1.98. The van der Waals surface area contributed by atoms with E-state index in [1.54, 1.807) is 0 Å². The highest BCUT2D eigenvalue weighted by Crippen LogP contribution is 2.22. The summed E-state index contributed by atoms with van der Waals surface area (Å²) in [7, 11) is 0. The van der Waals surface area contributed by atoms with E-state index in [4.69, 9.17) is 9.62 Å². The Hall–Kier alpha value is -1.15. The van der Waals surface area contributed by atoms with Gasteiger partial charge in [0, 0.05) is 33.0 Å². The van der Waals surface area contributed by atoms with Gasteiger partial charge in [0.15, 0.2) is 5.82 Å². The minimum Gasteiger partial charge on any atom is -0.340 e. The van der Waals surface area contributed by atoms with Crippen molar-refractivity contribution in [2.75, 3.05) is 19.6 Å². The Labute approximate surface area is 160 Å². The molecule has 7 nitrogen and oxygen atoms in total. The Kier molecular flexibility index (Phi) is 7.25. The lowest BCUT2D eigenvalue weighted by molar-refractivity contribution is 0.173. The second kappa shape index (κ2) is 8.98. The maximum absolute atomic E-state index is 5.06. The number of hydrogen-bond donors (Lipinski definition) is 1. The summed E-state index contributed by atoms with van der Waals surface area (Å²) in [5.74, 6) is 2.19. The lowest BCUT2D eigenvalue weighted by Crippen LogP contribution is -2.34. The number of halogens is 2. The normalized spacial score (nSPS) is 18.3. The van der Waals surface area contributed by atoms with Crippen LogP contribution in [-0.4, -0.2) is 44.5 Å². The molecular weight excluding hydrogens is 363 g/mol. The van der Waals surface area contributed by atoms with E-state index in [0.29, 0.717) is 11.8 Å². The maximum Gasteiger partial charge on any atom is 0.223 e. The highest BCUT2D eigenvalue weighted by atomic mass is 35.5. The molecule has 2 aliphatic rings. The van der Waals surface area contributed by atoms with Crippen LogP contribution in [0.2, 0.25) is 0 Å². The summed E-state index contributed by atoms with van der Waals surface area (Å²) in [5.41, 5.74) is 2.52. The van der Waals surface area contributed by atoms with Gasteiger partial charge >= 0.3 is 0 Å². The summed E-state index contributed by atoms with van der Waals surface area (Å²) in [5, 5.41) is 12.1. The topological polar surface area (TPSA) is 72.0 Å². The van der Waals surface area contributed by atoms with Gasteiger partial charge < -0.3 is 9.84 Å². The van der Waals surface area contributed by atoms with Crippen LogP contribution in [-0.2, 0) is 26.1 Å². The van der Waals surface area contributed by atoms with E-state index in [1.807, 2.05) is 6.92 Å². The third kappa shape index (κ3) is 4.94. The molecule has 2 aliphatic heterocycles. The molecule has 1 saturated heterocycles. The number of hydrogen-bond acceptors (Lipinski definition) is 6. The van der Waals surface area contributed by atoms with E-state index in [2.05, 4.69) is 31.1 Å². The highest BCUT2D eigenvalue weighted by Gasteiger charge is 2.22. The molecule has 9 heteroatoms. The standard InChI is InChI=1S/C16H24N6O.2ClH/c1-12-18-16(20-23-12)8-13-2-5-21(6-3-13)11-14-9-15-10-17-4-7-22(15)19-14;;/h9,13,17H,2-8,10-11H2,1H3;2*1H. The molecule has 0 radical (unpaired) electrons. The van der Waals surface area contributed by atoms with Gasteiger partial charge in [0.1, 0.15) is 0 Å². The first-order chi connectivity index (χ1) is 11.3. The maximum atomic E-state index is 5.06. The van der Waals surface area contributed by atoms with Gasteiger partial charge in [-0.05, 0) is 37.9 Å². The van der Waals surface area contributed by atoms with Gasteiger partial charge in [-0.3, -0.25) is 9.58 Å². The second-order valence-corrected chi connectivity index (χ2v) is 6.68. The van der Waals surface area contributed by atoms with Gasteiger partial charge in [-0.25, -0.2) is 0 Å². The van der Waals surface area contributed by atoms with Crippen molar-refractivity contribution < 1.29 is 4.52 Å². The van der Waals surface area contributed by atoms with Crippen molar-refractivity contribution in [1.29, 1.82) is 0 Å². The van der Waals surface area contributed by atoms with Crippen LogP contribution in [0, 0.1) is 12.8 Å². The summed E-state index contributed by atoms with van der Waals surface area (Å²) >= 11 is 0. The van der Waals surface area contributed by atoms with E-state index in [0.717, 1.165) is 51.5 Å². The molecule has 2 aromatic heterocycles. The molecule has 2 aromatic rings. The zero-order valence-electron chi connectivity index (χ0n) is 14.5. The van der Waals surface area contributed by atoms with Crippen molar-refractivity contribution in [2.45, 2.75) is 45.8 Å². The van der Waals surface area contributed by atoms with Crippen LogP contribution in [0.3, 0.4) is 0 Å². The van der Waals surface area contributed by atoms with Crippen LogP contribution in [0.1, 0.15) is 35.9 Å². The number of piperidine rings is 1. The SMILES string of the molecule is Cc1nc(CC2CCN(Cc3cc4n(n3)CCNC4)CC2)no1.Cl.Cl. The largest absolute Gasteiger partial charge is 0.340 e. The fourth-order valence-electron chi connectivity index (χ4n) is 3.59. The summed E-state index contributed by atoms with van der Waals surface area (Å²) in [6.45, 7) is 8.02. The lowest BCUT2D eigenvalue weighted by Gasteiger charge is -2.30. The predicted molar refractivity (Wildman–Crippen MR) is 99.2 cm³/mol. The third-order valence-corrected chi connectivity index (χ3v) is 4.85. The van der Waals surface area contributed by atoms with Crippen LogP contribution in [0.5, 0.6) is 0 Å². The Morgan fingerprint density at radius 3 is 2.72 bits per heavy atom. The zero-order valence-corrected chi connectivity index (χ0v) is 16.1. The van der Waals surface area contributed by atoms with E-state index < -0.39 is 0 Å². The van der Waals surface area contributed by atoms with Crippen molar-refractivity contribution in [3.05, 3.63) is 29.2 Å². The molecule has 0 spiro atoms. The molecule has 0 amide bonds. The average Bonchev–Trinajstić information content (AvgIpc) is 3.14. The van der Waals surface area contributed by atoms with Gasteiger partial charge in [0.2, 0.25) is 5.89 Å². The summed E-state index contributed by atoms with van der Waals surface area (Å²) < 4.78 is 7.21.